The number of anilines is 3. The molecule has 1 fully saturated rings. The van der Waals surface area contributed by atoms with Crippen LogP contribution in [0, 0.1) is 5.92 Å². The number of aromatic amines is 1. The van der Waals surface area contributed by atoms with E-state index in [9.17, 15) is 9.59 Å². The number of carbonyl (C=O) groups excluding carboxylic acids is 1. The van der Waals surface area contributed by atoms with E-state index >= 15 is 0 Å². The number of rotatable bonds is 5. The van der Waals surface area contributed by atoms with E-state index in [2.05, 4.69) is 25.2 Å². The van der Waals surface area contributed by atoms with Crippen molar-refractivity contribution >= 4 is 34.0 Å². The Morgan fingerprint density at radius 1 is 1.34 bits per heavy atom. The highest BCUT2D eigenvalue weighted by Gasteiger charge is 2.27. The van der Waals surface area contributed by atoms with Gasteiger partial charge in [-0.15, -0.1) is 0 Å². The van der Waals surface area contributed by atoms with Crippen LogP contribution in [0.15, 0.2) is 47.5 Å². The fraction of sp³-hybridized carbons (Fsp3) is 0.263. The zero-order chi connectivity index (χ0) is 20.2. The van der Waals surface area contributed by atoms with Crippen LogP contribution in [-0.4, -0.2) is 39.2 Å². The zero-order valence-electron chi connectivity index (χ0n) is 15.5. The minimum Gasteiger partial charge on any atom is -0.348 e. The summed E-state index contributed by atoms with van der Waals surface area (Å²) in [6.45, 7) is 1.34. The Labute approximate surface area is 170 Å². The molecule has 3 aromatic heterocycles. The first-order chi connectivity index (χ1) is 14.1. The van der Waals surface area contributed by atoms with E-state index in [1.165, 1.54) is 23.5 Å². The number of carbonyl (C=O) groups is 1. The van der Waals surface area contributed by atoms with Gasteiger partial charge in [-0.2, -0.15) is 0 Å². The lowest BCUT2D eigenvalue weighted by Crippen LogP contribution is -2.42. The standard InChI is InChI=1S/C19H20N6O3S/c26-13-6-7-20-17(9-13)23-16-5-1-4-14(22-16)15-10-21-19(29-15)25-8-2-3-12(11-25)18(27)24-28/h1,4-7,9-10,12,28H,2-3,8,11H2,(H,24,27)(H2,20,22,23,26). The van der Waals surface area contributed by atoms with Crippen molar-refractivity contribution in [2.24, 2.45) is 5.92 Å². The van der Waals surface area contributed by atoms with Crippen molar-refractivity contribution in [3.63, 3.8) is 0 Å². The molecule has 1 aliphatic rings. The van der Waals surface area contributed by atoms with Crippen LogP contribution in [0.3, 0.4) is 0 Å². The molecule has 1 aliphatic heterocycles. The molecule has 0 spiro atoms. The second-order valence-electron chi connectivity index (χ2n) is 6.74. The first-order valence-electron chi connectivity index (χ1n) is 9.20. The Hall–Kier alpha value is -3.24. The highest BCUT2D eigenvalue weighted by Crippen LogP contribution is 2.33. The van der Waals surface area contributed by atoms with Gasteiger partial charge in [-0.3, -0.25) is 14.8 Å². The van der Waals surface area contributed by atoms with Crippen molar-refractivity contribution < 1.29 is 10.0 Å². The number of nitrogens with zero attached hydrogens (tertiary/aromatic N) is 3. The van der Waals surface area contributed by atoms with Crippen molar-refractivity contribution in [3.05, 3.63) is 52.9 Å². The largest absolute Gasteiger partial charge is 0.348 e. The number of hydrogen-bond acceptors (Lipinski definition) is 8. The maximum absolute atomic E-state index is 11.7. The molecule has 0 saturated carbocycles. The minimum absolute atomic E-state index is 0.0933. The van der Waals surface area contributed by atoms with Gasteiger partial charge in [0.25, 0.3) is 0 Å². The summed E-state index contributed by atoms with van der Waals surface area (Å²) in [5.41, 5.74) is 2.42. The number of hydroxylamine groups is 1. The molecule has 4 rings (SSSR count). The second kappa shape index (κ2) is 8.41. The molecule has 1 amide bonds. The van der Waals surface area contributed by atoms with Gasteiger partial charge >= 0.3 is 0 Å². The summed E-state index contributed by atoms with van der Waals surface area (Å²) >= 11 is 1.50. The van der Waals surface area contributed by atoms with Crippen molar-refractivity contribution in [2.75, 3.05) is 23.3 Å². The van der Waals surface area contributed by atoms with Crippen LogP contribution in [0.4, 0.5) is 16.8 Å². The van der Waals surface area contributed by atoms with Gasteiger partial charge in [0, 0.05) is 37.6 Å². The average Bonchev–Trinajstić information content (AvgIpc) is 3.24. The summed E-state index contributed by atoms with van der Waals surface area (Å²) in [6, 6.07) is 8.51. The number of hydrogen-bond donors (Lipinski definition) is 4. The monoisotopic (exact) mass is 412 g/mol. The van der Waals surface area contributed by atoms with Crippen LogP contribution in [0.5, 0.6) is 0 Å². The maximum Gasteiger partial charge on any atom is 0.248 e. The van der Waals surface area contributed by atoms with Gasteiger partial charge in [-0.05, 0) is 25.0 Å². The fourth-order valence-electron chi connectivity index (χ4n) is 3.28. The van der Waals surface area contributed by atoms with Gasteiger partial charge in [0.2, 0.25) is 5.91 Å². The summed E-state index contributed by atoms with van der Waals surface area (Å²) in [6.07, 6.45) is 4.96. The van der Waals surface area contributed by atoms with Gasteiger partial charge in [-0.25, -0.2) is 15.4 Å². The summed E-state index contributed by atoms with van der Waals surface area (Å²) in [5, 5.41) is 12.8. The molecule has 9 nitrogen and oxygen atoms in total. The van der Waals surface area contributed by atoms with Gasteiger partial charge in [0.15, 0.2) is 10.6 Å². The summed E-state index contributed by atoms with van der Waals surface area (Å²) in [7, 11) is 0. The normalized spacial score (nSPS) is 16.4. The number of amides is 1. The van der Waals surface area contributed by atoms with Crippen LogP contribution < -0.4 is 21.1 Å². The SMILES string of the molecule is O=C(NO)C1CCCN(c2ncc(-c3cccc(Nc4cc(=O)cc[nH]4)n3)s2)C1. The van der Waals surface area contributed by atoms with E-state index in [1.807, 2.05) is 18.2 Å². The van der Waals surface area contributed by atoms with Crippen LogP contribution in [0.1, 0.15) is 12.8 Å². The van der Waals surface area contributed by atoms with Crippen molar-refractivity contribution in [2.45, 2.75) is 12.8 Å². The number of H-pyrrole nitrogens is 1. The Morgan fingerprint density at radius 3 is 3.07 bits per heavy atom. The molecule has 29 heavy (non-hydrogen) atoms. The van der Waals surface area contributed by atoms with Crippen molar-refractivity contribution in [1.29, 1.82) is 0 Å². The first kappa shape index (κ1) is 19.1. The Kier molecular flexibility index (Phi) is 5.54. The van der Waals surface area contributed by atoms with Gasteiger partial charge in [0.1, 0.15) is 11.6 Å². The number of aromatic nitrogens is 3. The van der Waals surface area contributed by atoms with Crippen LogP contribution in [-0.2, 0) is 4.79 Å². The predicted octanol–water partition coefficient (Wildman–Crippen LogP) is 2.36. The third-order valence-electron chi connectivity index (χ3n) is 4.70. The highest BCUT2D eigenvalue weighted by molar-refractivity contribution is 7.18. The highest BCUT2D eigenvalue weighted by atomic mass is 32.1. The second-order valence-corrected chi connectivity index (χ2v) is 7.75. The smallest absolute Gasteiger partial charge is 0.248 e. The lowest BCUT2D eigenvalue weighted by atomic mass is 9.98. The first-order valence-corrected chi connectivity index (χ1v) is 10.0. The van der Waals surface area contributed by atoms with E-state index in [0.717, 1.165) is 35.1 Å². The van der Waals surface area contributed by atoms with E-state index < -0.39 is 0 Å². The minimum atomic E-state index is -0.356. The van der Waals surface area contributed by atoms with Gasteiger partial charge < -0.3 is 15.2 Å². The van der Waals surface area contributed by atoms with Crippen LogP contribution in [0.25, 0.3) is 10.6 Å². The summed E-state index contributed by atoms with van der Waals surface area (Å²) in [5.74, 6) is 0.566. The van der Waals surface area contributed by atoms with Crippen LogP contribution in [0.2, 0.25) is 0 Å². The predicted molar refractivity (Wildman–Crippen MR) is 111 cm³/mol. The third kappa shape index (κ3) is 4.44. The molecule has 1 saturated heterocycles. The number of nitrogens with one attached hydrogen (secondary N) is 3. The zero-order valence-corrected chi connectivity index (χ0v) is 16.3. The summed E-state index contributed by atoms with van der Waals surface area (Å²) in [4.78, 5) is 38.2. The quantitative estimate of drug-likeness (QED) is 0.375. The van der Waals surface area contributed by atoms with E-state index in [4.69, 9.17) is 5.21 Å². The Morgan fingerprint density at radius 2 is 2.24 bits per heavy atom. The average molecular weight is 412 g/mol. The van der Waals surface area contributed by atoms with Crippen LogP contribution >= 0.6 is 11.3 Å². The van der Waals surface area contributed by atoms with E-state index in [-0.39, 0.29) is 17.3 Å². The molecule has 1 atom stereocenters. The number of thiazole rings is 1. The molecule has 4 heterocycles. The molecule has 10 heteroatoms. The molecule has 150 valence electrons. The molecule has 0 aliphatic carbocycles. The lowest BCUT2D eigenvalue weighted by Gasteiger charge is -2.31. The van der Waals surface area contributed by atoms with Crippen molar-refractivity contribution in [1.82, 2.24) is 20.4 Å². The molecule has 0 radical (unpaired) electrons. The molecule has 3 aromatic rings. The Balaban J connectivity index is 1.51. The topological polar surface area (TPSA) is 123 Å². The molecule has 0 aromatic carbocycles. The molecular formula is C19H20N6O3S. The van der Waals surface area contributed by atoms with E-state index in [0.29, 0.717) is 18.2 Å². The molecule has 4 N–H and O–H groups in total. The van der Waals surface area contributed by atoms with Gasteiger partial charge in [-0.1, -0.05) is 17.4 Å². The number of piperidine rings is 1. The Bertz CT molecular complexity index is 1070. The summed E-state index contributed by atoms with van der Waals surface area (Å²) < 4.78 is 0. The maximum atomic E-state index is 11.7. The fourth-order valence-corrected chi connectivity index (χ4v) is 4.20. The van der Waals surface area contributed by atoms with E-state index in [1.54, 1.807) is 17.9 Å². The van der Waals surface area contributed by atoms with Gasteiger partial charge in [0.05, 0.1) is 16.5 Å². The molecule has 1 unspecified atom stereocenters. The third-order valence-corrected chi connectivity index (χ3v) is 5.78. The van der Waals surface area contributed by atoms with Crippen molar-refractivity contribution in [3.8, 4) is 10.6 Å². The molecule has 0 bridgehead atoms. The molecular weight excluding hydrogens is 392 g/mol. The number of pyridine rings is 2. The lowest BCUT2D eigenvalue weighted by molar-refractivity contribution is -0.133.